The average molecular weight is 269 g/mol. The number of phenols is 1. The second-order valence-electron chi connectivity index (χ2n) is 3.93. The van der Waals surface area contributed by atoms with Gasteiger partial charge in [0.05, 0.1) is 0 Å². The van der Waals surface area contributed by atoms with Crippen LogP contribution in [0.3, 0.4) is 0 Å². The van der Waals surface area contributed by atoms with Crippen LogP contribution in [-0.2, 0) is 4.79 Å². The molecule has 6 nitrogen and oxygen atoms in total. The Bertz CT molecular complexity index is 466. The molecule has 0 fully saturated rings. The van der Waals surface area contributed by atoms with Gasteiger partial charge in [-0.15, -0.1) is 0 Å². The highest BCUT2D eigenvalue weighted by molar-refractivity contribution is 5.85. The fourth-order valence-corrected chi connectivity index (χ4v) is 1.46. The normalized spacial score (nSPS) is 12.7. The van der Waals surface area contributed by atoms with Gasteiger partial charge >= 0.3 is 5.97 Å². The number of hydrazine groups is 1. The number of carboxylic acids is 1. The second-order valence-corrected chi connectivity index (χ2v) is 3.93. The van der Waals surface area contributed by atoms with E-state index in [2.05, 4.69) is 10.4 Å². The molecule has 0 bridgehead atoms. The predicted octanol–water partition coefficient (Wildman–Crippen LogP) is 0.647. The standard InChI is InChI=1S/C12H16FN3O3/c13-9-3-4-11(17)8(6-9)7-15-10(12(18)19)2-1-5-16-14/h3-4,6-7,10,16-17H,1-2,5,14H2,(H,18,19). The van der Waals surface area contributed by atoms with E-state index in [1.165, 1.54) is 6.07 Å². The summed E-state index contributed by atoms with van der Waals surface area (Å²) in [6, 6.07) is 2.43. The minimum Gasteiger partial charge on any atom is -0.507 e. The zero-order valence-corrected chi connectivity index (χ0v) is 10.2. The number of nitrogens with zero attached hydrogens (tertiary/aromatic N) is 1. The molecule has 1 rings (SSSR count). The number of rotatable bonds is 7. The number of aliphatic carboxylic acids is 1. The van der Waals surface area contributed by atoms with E-state index in [4.69, 9.17) is 10.9 Å². The number of hydrogen-bond acceptors (Lipinski definition) is 5. The molecule has 1 atom stereocenters. The van der Waals surface area contributed by atoms with Gasteiger partial charge in [-0.05, 0) is 31.0 Å². The van der Waals surface area contributed by atoms with Gasteiger partial charge in [0, 0.05) is 18.3 Å². The molecule has 0 saturated carbocycles. The topological polar surface area (TPSA) is 108 Å². The van der Waals surface area contributed by atoms with Crippen LogP contribution < -0.4 is 11.3 Å². The third kappa shape index (κ3) is 5.02. The lowest BCUT2D eigenvalue weighted by Crippen LogP contribution is -2.25. The van der Waals surface area contributed by atoms with E-state index in [0.717, 1.165) is 18.3 Å². The molecule has 0 radical (unpaired) electrons. The van der Waals surface area contributed by atoms with Gasteiger partial charge in [-0.3, -0.25) is 16.3 Å². The maximum atomic E-state index is 13.0. The van der Waals surface area contributed by atoms with E-state index in [9.17, 15) is 14.3 Å². The van der Waals surface area contributed by atoms with Crippen LogP contribution in [0, 0.1) is 5.82 Å². The van der Waals surface area contributed by atoms with Crippen molar-refractivity contribution in [1.29, 1.82) is 0 Å². The third-order valence-corrected chi connectivity index (χ3v) is 2.47. The monoisotopic (exact) mass is 269 g/mol. The average Bonchev–Trinajstić information content (AvgIpc) is 2.37. The molecule has 0 aromatic heterocycles. The van der Waals surface area contributed by atoms with Gasteiger partial charge in [-0.25, -0.2) is 9.18 Å². The van der Waals surface area contributed by atoms with Crippen molar-refractivity contribution in [3.8, 4) is 5.75 Å². The van der Waals surface area contributed by atoms with E-state index in [-0.39, 0.29) is 11.3 Å². The van der Waals surface area contributed by atoms with Crippen LogP contribution in [0.25, 0.3) is 0 Å². The largest absolute Gasteiger partial charge is 0.507 e. The molecule has 104 valence electrons. The Morgan fingerprint density at radius 1 is 1.58 bits per heavy atom. The fraction of sp³-hybridized carbons (Fsp3) is 0.333. The molecule has 1 aromatic carbocycles. The Balaban J connectivity index is 2.74. The molecule has 0 saturated heterocycles. The van der Waals surface area contributed by atoms with Crippen LogP contribution in [0.5, 0.6) is 5.75 Å². The quantitative estimate of drug-likeness (QED) is 0.251. The summed E-state index contributed by atoms with van der Waals surface area (Å²) in [7, 11) is 0. The second kappa shape index (κ2) is 7.45. The van der Waals surface area contributed by atoms with Gasteiger partial charge < -0.3 is 10.2 Å². The first-order valence-corrected chi connectivity index (χ1v) is 5.72. The summed E-state index contributed by atoms with van der Waals surface area (Å²) in [6.45, 7) is 0.477. The number of hydrogen-bond donors (Lipinski definition) is 4. The van der Waals surface area contributed by atoms with Crippen molar-refractivity contribution in [2.45, 2.75) is 18.9 Å². The Morgan fingerprint density at radius 2 is 2.32 bits per heavy atom. The number of aliphatic imine (C=N–C) groups is 1. The van der Waals surface area contributed by atoms with Gasteiger partial charge in [0.15, 0.2) is 0 Å². The molecule has 0 aliphatic carbocycles. The lowest BCUT2D eigenvalue weighted by molar-refractivity contribution is -0.138. The minimum atomic E-state index is -1.08. The first-order chi connectivity index (χ1) is 9.04. The Hall–Kier alpha value is -1.99. The van der Waals surface area contributed by atoms with Crippen molar-refractivity contribution in [3.63, 3.8) is 0 Å². The summed E-state index contributed by atoms with van der Waals surface area (Å²) >= 11 is 0. The van der Waals surface area contributed by atoms with Crippen molar-refractivity contribution < 1.29 is 19.4 Å². The number of nitrogens with two attached hydrogens (primary N) is 1. The number of carboxylic acid groups (broad SMARTS) is 1. The van der Waals surface area contributed by atoms with Crippen molar-refractivity contribution >= 4 is 12.2 Å². The molecule has 7 heteroatoms. The summed E-state index contributed by atoms with van der Waals surface area (Å²) in [4.78, 5) is 14.8. The number of nitrogens with one attached hydrogen (secondary N) is 1. The third-order valence-electron chi connectivity index (χ3n) is 2.47. The van der Waals surface area contributed by atoms with Gasteiger partial charge in [-0.1, -0.05) is 0 Å². The molecule has 19 heavy (non-hydrogen) atoms. The molecule has 0 aliphatic rings. The summed E-state index contributed by atoms with van der Waals surface area (Å²) in [5.74, 6) is 3.32. The first kappa shape index (κ1) is 15.1. The highest BCUT2D eigenvalue weighted by Gasteiger charge is 2.14. The number of halogens is 1. The molecular formula is C12H16FN3O3. The molecular weight excluding hydrogens is 253 g/mol. The molecule has 0 spiro atoms. The zero-order chi connectivity index (χ0) is 14.3. The van der Waals surface area contributed by atoms with Gasteiger partial charge in [0.25, 0.3) is 0 Å². The predicted molar refractivity (Wildman–Crippen MR) is 68.5 cm³/mol. The molecule has 0 heterocycles. The summed E-state index contributed by atoms with van der Waals surface area (Å²) in [5, 5.41) is 18.4. The maximum Gasteiger partial charge on any atom is 0.328 e. The molecule has 1 unspecified atom stereocenters. The van der Waals surface area contributed by atoms with E-state index >= 15 is 0 Å². The van der Waals surface area contributed by atoms with Crippen LogP contribution in [-0.4, -0.2) is 35.0 Å². The summed E-state index contributed by atoms with van der Waals surface area (Å²) in [5.41, 5.74) is 2.56. The van der Waals surface area contributed by atoms with Gasteiger partial charge in [-0.2, -0.15) is 0 Å². The molecule has 5 N–H and O–H groups in total. The van der Waals surface area contributed by atoms with Crippen molar-refractivity contribution in [2.24, 2.45) is 10.8 Å². The van der Waals surface area contributed by atoms with E-state index < -0.39 is 17.8 Å². The minimum absolute atomic E-state index is 0.142. The van der Waals surface area contributed by atoms with Crippen molar-refractivity contribution in [2.75, 3.05) is 6.54 Å². The highest BCUT2D eigenvalue weighted by atomic mass is 19.1. The van der Waals surface area contributed by atoms with Crippen LogP contribution in [0.15, 0.2) is 23.2 Å². The number of phenolic OH excluding ortho intramolecular Hbond substituents is 1. The van der Waals surface area contributed by atoms with E-state index in [1.807, 2.05) is 0 Å². The van der Waals surface area contributed by atoms with E-state index in [0.29, 0.717) is 19.4 Å². The van der Waals surface area contributed by atoms with Crippen molar-refractivity contribution in [3.05, 3.63) is 29.6 Å². The van der Waals surface area contributed by atoms with Crippen LogP contribution in [0.1, 0.15) is 18.4 Å². The van der Waals surface area contributed by atoms with Crippen LogP contribution >= 0.6 is 0 Å². The van der Waals surface area contributed by atoms with Crippen LogP contribution in [0.2, 0.25) is 0 Å². The number of carbonyl (C=O) groups is 1. The van der Waals surface area contributed by atoms with Crippen molar-refractivity contribution in [1.82, 2.24) is 5.43 Å². The van der Waals surface area contributed by atoms with Gasteiger partial charge in [0.2, 0.25) is 0 Å². The number of benzene rings is 1. The van der Waals surface area contributed by atoms with Crippen LogP contribution in [0.4, 0.5) is 4.39 Å². The fourth-order valence-electron chi connectivity index (χ4n) is 1.46. The molecule has 1 aromatic rings. The SMILES string of the molecule is NNCCCC(N=Cc1cc(F)ccc1O)C(=O)O. The Morgan fingerprint density at radius 3 is 2.95 bits per heavy atom. The highest BCUT2D eigenvalue weighted by Crippen LogP contribution is 2.16. The summed E-state index contributed by atoms with van der Waals surface area (Å²) < 4.78 is 13.0. The lowest BCUT2D eigenvalue weighted by atomic mass is 10.1. The molecule has 0 aliphatic heterocycles. The summed E-state index contributed by atoms with van der Waals surface area (Å²) in [6.07, 6.45) is 2.00. The lowest BCUT2D eigenvalue weighted by Gasteiger charge is -2.07. The first-order valence-electron chi connectivity index (χ1n) is 5.72. The maximum absolute atomic E-state index is 13.0. The Kier molecular flexibility index (Phi) is 5.91. The smallest absolute Gasteiger partial charge is 0.328 e. The molecule has 0 amide bonds. The number of aromatic hydroxyl groups is 1. The van der Waals surface area contributed by atoms with E-state index in [1.54, 1.807) is 0 Å². The van der Waals surface area contributed by atoms with Gasteiger partial charge in [0.1, 0.15) is 17.6 Å². The zero-order valence-electron chi connectivity index (χ0n) is 10.2. The Labute approximate surface area is 109 Å².